The lowest BCUT2D eigenvalue weighted by molar-refractivity contribution is -0.140. The number of carbonyl (C=O) groups excluding carboxylic acids is 2. The zero-order valence-electron chi connectivity index (χ0n) is 19.8. The Morgan fingerprint density at radius 2 is 1.67 bits per heavy atom. The number of nitrogens with zero attached hydrogens (tertiary/aromatic N) is 2. The van der Waals surface area contributed by atoms with Crippen molar-refractivity contribution in [3.63, 3.8) is 0 Å². The van der Waals surface area contributed by atoms with Crippen LogP contribution in [0.2, 0.25) is 0 Å². The molecule has 0 radical (unpaired) electrons. The molecule has 0 aromatic heterocycles. The molecule has 1 aliphatic rings. The number of likely N-dealkylation sites (N-methyl/N-ethyl adjacent to an activating group) is 1. The Bertz CT molecular complexity index is 1090. The minimum Gasteiger partial charge on any atom is -0.507 e. The van der Waals surface area contributed by atoms with Crippen LogP contribution in [0.3, 0.4) is 0 Å². The quantitative estimate of drug-likeness (QED) is 0.373. The Morgan fingerprint density at radius 3 is 2.24 bits per heavy atom. The number of likely N-dealkylation sites (tertiary alicyclic amines) is 1. The van der Waals surface area contributed by atoms with E-state index in [0.29, 0.717) is 41.5 Å². The average Bonchev–Trinajstić information content (AvgIpc) is 3.06. The van der Waals surface area contributed by atoms with E-state index in [0.717, 1.165) is 5.56 Å². The smallest absolute Gasteiger partial charge is 0.295 e. The molecule has 0 saturated carbocycles. The summed E-state index contributed by atoms with van der Waals surface area (Å²) in [5.74, 6) is 0.0251. The van der Waals surface area contributed by atoms with Crippen LogP contribution >= 0.6 is 0 Å². The molecule has 8 heteroatoms. The largest absolute Gasteiger partial charge is 0.507 e. The molecule has 0 unspecified atom stereocenters. The summed E-state index contributed by atoms with van der Waals surface area (Å²) in [7, 11) is 8.39. The zero-order valence-corrected chi connectivity index (χ0v) is 19.8. The number of ketones is 1. The molecule has 3 rings (SSSR count). The van der Waals surface area contributed by atoms with Gasteiger partial charge in [0.2, 0.25) is 0 Å². The molecule has 2 aromatic rings. The third kappa shape index (κ3) is 4.66. The Balaban J connectivity index is 2.24. The van der Waals surface area contributed by atoms with Gasteiger partial charge in [-0.25, -0.2) is 0 Å². The molecule has 0 bridgehead atoms. The minimum atomic E-state index is -0.836. The molecule has 1 saturated heterocycles. The first-order valence-electron chi connectivity index (χ1n) is 10.5. The van der Waals surface area contributed by atoms with Crippen LogP contribution in [0.1, 0.15) is 22.7 Å². The van der Waals surface area contributed by atoms with Crippen LogP contribution in [-0.4, -0.2) is 75.1 Å². The normalized spacial score (nSPS) is 17.5. The number of Topliss-reactive ketones (excluding diaryl/α,β-unsaturated/α-hetero) is 1. The molecule has 0 aliphatic carbocycles. The summed E-state index contributed by atoms with van der Waals surface area (Å²) in [6.07, 6.45) is 0. The molecule has 0 spiro atoms. The van der Waals surface area contributed by atoms with E-state index in [-0.39, 0.29) is 11.3 Å². The van der Waals surface area contributed by atoms with Gasteiger partial charge in [-0.1, -0.05) is 0 Å². The molecule has 1 heterocycles. The summed E-state index contributed by atoms with van der Waals surface area (Å²) in [5, 5.41) is 11.3. The van der Waals surface area contributed by atoms with Gasteiger partial charge < -0.3 is 29.1 Å². The van der Waals surface area contributed by atoms with Crippen molar-refractivity contribution in [3.05, 3.63) is 58.7 Å². The lowest BCUT2D eigenvalue weighted by Crippen LogP contribution is -2.35. The molecule has 2 aromatic carbocycles. The number of methoxy groups -OCH3 is 3. The van der Waals surface area contributed by atoms with E-state index >= 15 is 0 Å². The molecule has 1 fully saturated rings. The Hall–Kier alpha value is -3.52. The van der Waals surface area contributed by atoms with Gasteiger partial charge in [0, 0.05) is 24.2 Å². The fourth-order valence-electron chi connectivity index (χ4n) is 3.98. The summed E-state index contributed by atoms with van der Waals surface area (Å²) in [5.41, 5.74) is 1.78. The van der Waals surface area contributed by atoms with E-state index in [1.54, 1.807) is 43.5 Å². The molecule has 1 N–H and O–H groups in total. The number of hydrogen-bond donors (Lipinski definition) is 1. The van der Waals surface area contributed by atoms with Gasteiger partial charge in [0.15, 0.2) is 0 Å². The van der Waals surface area contributed by atoms with Gasteiger partial charge in [-0.2, -0.15) is 0 Å². The first kappa shape index (κ1) is 24.1. The standard InChI is InChI=1S/C25H30N2O6/c1-15-13-16(7-9-19(15)32-5)23(28)21-22(18-14-17(31-4)8-10-20(18)33-6)27(12-11-26(2)3)25(30)24(21)29/h7-10,13-14,22,28H,11-12H2,1-6H3/b23-21+/t22-/m0/s1. The average molecular weight is 455 g/mol. The number of carbonyl (C=O) groups is 2. The van der Waals surface area contributed by atoms with Gasteiger partial charge in [0.25, 0.3) is 11.7 Å². The number of hydrogen-bond acceptors (Lipinski definition) is 7. The maximum Gasteiger partial charge on any atom is 0.295 e. The summed E-state index contributed by atoms with van der Waals surface area (Å²) in [6, 6.07) is 9.45. The number of aliphatic hydroxyl groups excluding tert-OH is 1. The van der Waals surface area contributed by atoms with E-state index in [1.165, 1.54) is 19.1 Å². The highest BCUT2D eigenvalue weighted by molar-refractivity contribution is 6.46. The highest BCUT2D eigenvalue weighted by atomic mass is 16.5. The van der Waals surface area contributed by atoms with Crippen molar-refractivity contribution in [2.75, 3.05) is 48.5 Å². The van der Waals surface area contributed by atoms with E-state index in [2.05, 4.69) is 0 Å². The second-order valence-electron chi connectivity index (χ2n) is 8.09. The van der Waals surface area contributed by atoms with Crippen molar-refractivity contribution < 1.29 is 28.9 Å². The highest BCUT2D eigenvalue weighted by Crippen LogP contribution is 2.44. The van der Waals surface area contributed by atoms with Crippen molar-refractivity contribution in [1.82, 2.24) is 9.80 Å². The number of amides is 1. The molecule has 1 amide bonds. The van der Waals surface area contributed by atoms with Crippen LogP contribution in [0.25, 0.3) is 5.76 Å². The van der Waals surface area contributed by atoms with Crippen LogP contribution < -0.4 is 14.2 Å². The maximum absolute atomic E-state index is 13.2. The summed E-state index contributed by atoms with van der Waals surface area (Å²) in [6.45, 7) is 2.67. The van der Waals surface area contributed by atoms with E-state index in [1.807, 2.05) is 25.9 Å². The second-order valence-corrected chi connectivity index (χ2v) is 8.09. The van der Waals surface area contributed by atoms with Crippen LogP contribution in [0, 0.1) is 6.92 Å². The Morgan fingerprint density at radius 1 is 1.00 bits per heavy atom. The predicted molar refractivity (Wildman–Crippen MR) is 125 cm³/mol. The minimum absolute atomic E-state index is 0.00914. The monoisotopic (exact) mass is 454 g/mol. The molecule has 8 nitrogen and oxygen atoms in total. The first-order chi connectivity index (χ1) is 15.7. The fraction of sp³-hybridized carbons (Fsp3) is 0.360. The number of aliphatic hydroxyl groups is 1. The molecular weight excluding hydrogens is 424 g/mol. The zero-order chi connectivity index (χ0) is 24.3. The van der Waals surface area contributed by atoms with E-state index in [4.69, 9.17) is 14.2 Å². The molecular formula is C25H30N2O6. The first-order valence-corrected chi connectivity index (χ1v) is 10.5. The molecule has 1 atom stereocenters. The van der Waals surface area contributed by atoms with Crippen molar-refractivity contribution >= 4 is 17.4 Å². The lowest BCUT2D eigenvalue weighted by Gasteiger charge is -2.28. The van der Waals surface area contributed by atoms with Gasteiger partial charge >= 0.3 is 0 Å². The molecule has 176 valence electrons. The van der Waals surface area contributed by atoms with Gasteiger partial charge in [-0.05, 0) is 63.0 Å². The van der Waals surface area contributed by atoms with Crippen LogP contribution in [0.5, 0.6) is 17.2 Å². The number of aryl methyl sites for hydroxylation is 1. The van der Waals surface area contributed by atoms with Crippen molar-refractivity contribution in [1.29, 1.82) is 0 Å². The SMILES string of the molecule is COc1ccc(OC)c([C@H]2/C(=C(\O)c3ccc(OC)c(C)c3)C(=O)C(=O)N2CCN(C)C)c1. The van der Waals surface area contributed by atoms with Gasteiger partial charge in [0.1, 0.15) is 23.0 Å². The van der Waals surface area contributed by atoms with Crippen LogP contribution in [0.4, 0.5) is 0 Å². The third-order valence-corrected chi connectivity index (χ3v) is 5.73. The number of rotatable bonds is 8. The topological polar surface area (TPSA) is 88.5 Å². The van der Waals surface area contributed by atoms with Gasteiger partial charge in [-0.3, -0.25) is 9.59 Å². The van der Waals surface area contributed by atoms with Gasteiger partial charge in [0.05, 0.1) is 32.9 Å². The van der Waals surface area contributed by atoms with Crippen molar-refractivity contribution in [2.24, 2.45) is 0 Å². The fourth-order valence-corrected chi connectivity index (χ4v) is 3.98. The van der Waals surface area contributed by atoms with Gasteiger partial charge in [-0.15, -0.1) is 0 Å². The Kier molecular flexibility index (Phi) is 7.28. The number of benzene rings is 2. The van der Waals surface area contributed by atoms with E-state index < -0.39 is 17.7 Å². The lowest BCUT2D eigenvalue weighted by atomic mass is 9.94. The summed E-state index contributed by atoms with van der Waals surface area (Å²) in [4.78, 5) is 29.7. The second kappa shape index (κ2) is 9.95. The maximum atomic E-state index is 13.2. The van der Waals surface area contributed by atoms with Crippen LogP contribution in [-0.2, 0) is 9.59 Å². The Labute approximate surface area is 194 Å². The summed E-state index contributed by atoms with van der Waals surface area (Å²) >= 11 is 0. The predicted octanol–water partition coefficient (Wildman–Crippen LogP) is 3.00. The number of ether oxygens (including phenoxy) is 3. The summed E-state index contributed by atoms with van der Waals surface area (Å²) < 4.78 is 16.2. The van der Waals surface area contributed by atoms with Crippen LogP contribution in [0.15, 0.2) is 42.0 Å². The van der Waals surface area contributed by atoms with Crippen molar-refractivity contribution in [3.8, 4) is 17.2 Å². The molecule has 1 aliphatic heterocycles. The van der Waals surface area contributed by atoms with Crippen molar-refractivity contribution in [2.45, 2.75) is 13.0 Å². The van der Waals surface area contributed by atoms with E-state index in [9.17, 15) is 14.7 Å². The molecule has 33 heavy (non-hydrogen) atoms. The third-order valence-electron chi connectivity index (χ3n) is 5.73. The highest BCUT2D eigenvalue weighted by Gasteiger charge is 2.47.